The molecule has 4 heteroatoms. The number of hydrogen-bond acceptors (Lipinski definition) is 4. The van der Waals surface area contributed by atoms with E-state index in [0.717, 1.165) is 24.1 Å². The maximum Gasteiger partial charge on any atom is 0.182 e. The molecule has 0 aliphatic carbocycles. The summed E-state index contributed by atoms with van der Waals surface area (Å²) in [5.41, 5.74) is 0. The normalized spacial score (nSPS) is 21.5. The number of nitrogens with one attached hydrogen (secondary N) is 1. The summed E-state index contributed by atoms with van der Waals surface area (Å²) in [6.45, 7) is 8.96. The van der Waals surface area contributed by atoms with Crippen LogP contribution in [0.1, 0.15) is 31.6 Å². The van der Waals surface area contributed by atoms with Crippen molar-refractivity contribution >= 4 is 16.5 Å². The van der Waals surface area contributed by atoms with E-state index < -0.39 is 0 Å². The van der Waals surface area contributed by atoms with Crippen LogP contribution in [0, 0.1) is 5.92 Å². The van der Waals surface area contributed by atoms with E-state index >= 15 is 0 Å². The summed E-state index contributed by atoms with van der Waals surface area (Å²) < 4.78 is 0. The van der Waals surface area contributed by atoms with Crippen molar-refractivity contribution in [3.05, 3.63) is 11.1 Å². The Kier molecular flexibility index (Phi) is 4.18. The first-order chi connectivity index (χ1) is 7.81. The molecule has 1 saturated heterocycles. The first-order valence-corrected chi connectivity index (χ1v) is 7.04. The fourth-order valence-electron chi connectivity index (χ4n) is 2.22. The van der Waals surface area contributed by atoms with E-state index in [4.69, 9.17) is 0 Å². The van der Waals surface area contributed by atoms with Crippen molar-refractivity contribution < 1.29 is 0 Å². The van der Waals surface area contributed by atoms with Crippen molar-refractivity contribution in [1.82, 2.24) is 9.88 Å². The zero-order chi connectivity index (χ0) is 11.4. The molecule has 0 aromatic carbocycles. The lowest BCUT2D eigenvalue weighted by atomic mass is 10.1. The van der Waals surface area contributed by atoms with Crippen molar-refractivity contribution in [2.45, 2.75) is 33.2 Å². The molecule has 1 fully saturated rings. The standard InChI is InChI=1S/C12H21N3S/c1-3-10-5-6-15(8-10)9-11-7-14-12(16-11)13-4-2/h7,10H,3-6,8-9H2,1-2H3,(H,13,14). The monoisotopic (exact) mass is 239 g/mol. The maximum atomic E-state index is 4.37. The molecule has 90 valence electrons. The zero-order valence-electron chi connectivity index (χ0n) is 10.2. The molecule has 0 bridgehead atoms. The van der Waals surface area contributed by atoms with Crippen LogP contribution >= 0.6 is 11.3 Å². The van der Waals surface area contributed by atoms with Crippen LogP contribution in [0.15, 0.2) is 6.20 Å². The van der Waals surface area contributed by atoms with Gasteiger partial charge in [0, 0.05) is 30.7 Å². The Hall–Kier alpha value is -0.610. The summed E-state index contributed by atoms with van der Waals surface area (Å²) >= 11 is 1.79. The van der Waals surface area contributed by atoms with Crippen LogP contribution in [0.4, 0.5) is 5.13 Å². The van der Waals surface area contributed by atoms with Gasteiger partial charge in [0.1, 0.15) is 0 Å². The number of aromatic nitrogens is 1. The minimum absolute atomic E-state index is 0.918. The molecule has 3 nitrogen and oxygen atoms in total. The van der Waals surface area contributed by atoms with E-state index in [1.165, 1.54) is 30.8 Å². The lowest BCUT2D eigenvalue weighted by molar-refractivity contribution is 0.318. The molecular formula is C12H21N3S. The van der Waals surface area contributed by atoms with Crippen molar-refractivity contribution in [3.63, 3.8) is 0 Å². The smallest absolute Gasteiger partial charge is 0.182 e. The number of likely N-dealkylation sites (tertiary alicyclic amines) is 1. The summed E-state index contributed by atoms with van der Waals surface area (Å²) in [5.74, 6) is 0.918. The van der Waals surface area contributed by atoms with Gasteiger partial charge in [0.2, 0.25) is 0 Å². The lowest BCUT2D eigenvalue weighted by Gasteiger charge is -2.13. The number of rotatable bonds is 5. The largest absolute Gasteiger partial charge is 0.362 e. The molecule has 1 aromatic heterocycles. The average molecular weight is 239 g/mol. The first kappa shape index (κ1) is 11.9. The third-order valence-corrected chi connectivity index (χ3v) is 4.15. The Bertz CT molecular complexity index is 324. The second-order valence-electron chi connectivity index (χ2n) is 4.46. The van der Waals surface area contributed by atoms with Gasteiger partial charge in [-0.2, -0.15) is 0 Å². The molecule has 1 atom stereocenters. The van der Waals surface area contributed by atoms with Gasteiger partial charge in [-0.25, -0.2) is 4.98 Å². The predicted molar refractivity (Wildman–Crippen MR) is 70.0 cm³/mol. The van der Waals surface area contributed by atoms with Gasteiger partial charge in [-0.05, 0) is 25.8 Å². The van der Waals surface area contributed by atoms with E-state index in [-0.39, 0.29) is 0 Å². The topological polar surface area (TPSA) is 28.2 Å². The Morgan fingerprint density at radius 3 is 3.12 bits per heavy atom. The third-order valence-electron chi connectivity index (χ3n) is 3.21. The molecule has 1 aliphatic heterocycles. The first-order valence-electron chi connectivity index (χ1n) is 6.22. The number of nitrogens with zero attached hydrogens (tertiary/aromatic N) is 2. The second kappa shape index (κ2) is 5.64. The van der Waals surface area contributed by atoms with Crippen LogP contribution in [0.25, 0.3) is 0 Å². The highest BCUT2D eigenvalue weighted by Crippen LogP contribution is 2.24. The molecule has 16 heavy (non-hydrogen) atoms. The second-order valence-corrected chi connectivity index (χ2v) is 5.58. The summed E-state index contributed by atoms with van der Waals surface area (Å²) in [7, 11) is 0. The molecule has 0 amide bonds. The van der Waals surface area contributed by atoms with Crippen molar-refractivity contribution in [1.29, 1.82) is 0 Å². The fraction of sp³-hybridized carbons (Fsp3) is 0.750. The van der Waals surface area contributed by atoms with Gasteiger partial charge in [0.15, 0.2) is 5.13 Å². The predicted octanol–water partition coefficient (Wildman–Crippen LogP) is 2.81. The molecule has 2 rings (SSSR count). The van der Waals surface area contributed by atoms with E-state index in [2.05, 4.69) is 29.0 Å². The van der Waals surface area contributed by atoms with Crippen LogP contribution in [0.5, 0.6) is 0 Å². The highest BCUT2D eigenvalue weighted by atomic mass is 32.1. The highest BCUT2D eigenvalue weighted by molar-refractivity contribution is 7.15. The fourth-order valence-corrected chi connectivity index (χ4v) is 3.15. The third kappa shape index (κ3) is 2.95. The molecule has 1 N–H and O–H groups in total. The Morgan fingerprint density at radius 2 is 2.44 bits per heavy atom. The van der Waals surface area contributed by atoms with Crippen LogP contribution < -0.4 is 5.32 Å². The molecule has 1 unspecified atom stereocenters. The Morgan fingerprint density at radius 1 is 1.56 bits per heavy atom. The molecule has 0 saturated carbocycles. The minimum atomic E-state index is 0.918. The van der Waals surface area contributed by atoms with Crippen LogP contribution in [-0.2, 0) is 6.54 Å². The van der Waals surface area contributed by atoms with E-state index in [1.807, 2.05) is 6.20 Å². The van der Waals surface area contributed by atoms with Gasteiger partial charge in [-0.15, -0.1) is 11.3 Å². The molecule has 1 aliphatic rings. The number of anilines is 1. The van der Waals surface area contributed by atoms with Gasteiger partial charge in [-0.1, -0.05) is 13.3 Å². The van der Waals surface area contributed by atoms with Crippen molar-refractivity contribution in [3.8, 4) is 0 Å². The number of hydrogen-bond donors (Lipinski definition) is 1. The lowest BCUT2D eigenvalue weighted by Crippen LogP contribution is -2.19. The molecule has 1 aromatic rings. The van der Waals surface area contributed by atoms with Crippen LogP contribution in [-0.4, -0.2) is 29.5 Å². The van der Waals surface area contributed by atoms with E-state index in [0.29, 0.717) is 0 Å². The average Bonchev–Trinajstić information content (AvgIpc) is 2.89. The molecule has 0 radical (unpaired) electrons. The summed E-state index contributed by atoms with van der Waals surface area (Å²) in [4.78, 5) is 8.30. The van der Waals surface area contributed by atoms with Gasteiger partial charge < -0.3 is 5.32 Å². The summed E-state index contributed by atoms with van der Waals surface area (Å²) in [5, 5.41) is 4.32. The highest BCUT2D eigenvalue weighted by Gasteiger charge is 2.21. The maximum absolute atomic E-state index is 4.37. The Labute approximate surface area is 102 Å². The minimum Gasteiger partial charge on any atom is -0.362 e. The van der Waals surface area contributed by atoms with Crippen LogP contribution in [0.2, 0.25) is 0 Å². The Balaban J connectivity index is 1.84. The van der Waals surface area contributed by atoms with E-state index in [9.17, 15) is 0 Å². The summed E-state index contributed by atoms with van der Waals surface area (Å²) in [6, 6.07) is 0. The van der Waals surface area contributed by atoms with Gasteiger partial charge >= 0.3 is 0 Å². The van der Waals surface area contributed by atoms with Crippen molar-refractivity contribution in [2.75, 3.05) is 25.0 Å². The molecular weight excluding hydrogens is 218 g/mol. The van der Waals surface area contributed by atoms with Gasteiger partial charge in [0.05, 0.1) is 0 Å². The summed E-state index contributed by atoms with van der Waals surface area (Å²) in [6.07, 6.45) is 4.71. The quantitative estimate of drug-likeness (QED) is 0.856. The molecule has 0 spiro atoms. The zero-order valence-corrected chi connectivity index (χ0v) is 11.0. The van der Waals surface area contributed by atoms with Gasteiger partial charge in [-0.3, -0.25) is 4.90 Å². The molecule has 2 heterocycles. The number of thiazole rings is 1. The van der Waals surface area contributed by atoms with E-state index in [1.54, 1.807) is 11.3 Å². The SMILES string of the molecule is CCNc1ncc(CN2CCC(CC)C2)s1. The van der Waals surface area contributed by atoms with Crippen molar-refractivity contribution in [2.24, 2.45) is 5.92 Å². The van der Waals surface area contributed by atoms with Gasteiger partial charge in [0.25, 0.3) is 0 Å². The van der Waals surface area contributed by atoms with Crippen LogP contribution in [0.3, 0.4) is 0 Å².